The zero-order valence-electron chi connectivity index (χ0n) is 14.9. The van der Waals surface area contributed by atoms with Crippen LogP contribution in [0, 0.1) is 0 Å². The largest absolute Gasteiger partial charge is 0.453 e. The third-order valence-corrected chi connectivity index (χ3v) is 5.69. The van der Waals surface area contributed by atoms with E-state index in [4.69, 9.17) is 4.74 Å². The third kappa shape index (κ3) is 1.76. The molecule has 0 saturated heterocycles. The predicted octanol–water partition coefficient (Wildman–Crippen LogP) is 6.64. The smallest absolute Gasteiger partial charge is 0.154 e. The van der Waals surface area contributed by atoms with Gasteiger partial charge in [-0.15, -0.1) is 0 Å². The third-order valence-electron chi connectivity index (χ3n) is 5.69. The molecule has 1 aliphatic rings. The summed E-state index contributed by atoms with van der Waals surface area (Å²) in [6.45, 7) is 0. The van der Waals surface area contributed by atoms with Gasteiger partial charge in [0.1, 0.15) is 0 Å². The van der Waals surface area contributed by atoms with Crippen molar-refractivity contribution >= 4 is 57.1 Å². The number of aromatic amines is 1. The van der Waals surface area contributed by atoms with Crippen LogP contribution in [0.15, 0.2) is 78.9 Å². The Balaban J connectivity index is 0.00000156. The van der Waals surface area contributed by atoms with Crippen molar-refractivity contribution in [3.8, 4) is 17.2 Å². The SMILES string of the molecule is S.c1ccc2c(c1)Oc1cc3[nH]c4ccccc4c3c3c4ccccc4n-2c13. The molecule has 134 valence electrons. The highest BCUT2D eigenvalue weighted by atomic mass is 32.1. The van der Waals surface area contributed by atoms with Gasteiger partial charge in [0.25, 0.3) is 0 Å². The molecule has 0 aliphatic carbocycles. The fourth-order valence-corrected chi connectivity index (χ4v) is 4.64. The Morgan fingerprint density at radius 3 is 2.36 bits per heavy atom. The summed E-state index contributed by atoms with van der Waals surface area (Å²) >= 11 is 0. The quantitative estimate of drug-likeness (QED) is 0.314. The first kappa shape index (κ1) is 15.7. The van der Waals surface area contributed by atoms with Gasteiger partial charge in [-0.1, -0.05) is 48.5 Å². The van der Waals surface area contributed by atoms with E-state index >= 15 is 0 Å². The van der Waals surface area contributed by atoms with Crippen molar-refractivity contribution in [1.29, 1.82) is 0 Å². The van der Waals surface area contributed by atoms with E-state index in [2.05, 4.69) is 76.3 Å². The molecule has 0 amide bonds. The number of hydrogen-bond acceptors (Lipinski definition) is 1. The van der Waals surface area contributed by atoms with Crippen molar-refractivity contribution in [3.63, 3.8) is 0 Å². The van der Waals surface area contributed by atoms with Crippen molar-refractivity contribution < 1.29 is 4.74 Å². The molecule has 4 aromatic carbocycles. The molecule has 3 nitrogen and oxygen atoms in total. The molecule has 0 radical (unpaired) electrons. The summed E-state index contributed by atoms with van der Waals surface area (Å²) in [6, 6.07) is 27.5. The van der Waals surface area contributed by atoms with Crippen molar-refractivity contribution in [2.75, 3.05) is 0 Å². The minimum atomic E-state index is 0. The lowest BCUT2D eigenvalue weighted by Crippen LogP contribution is -2.03. The maximum Gasteiger partial charge on any atom is 0.154 e. The number of benzene rings is 4. The number of ether oxygens (including phenoxy) is 1. The fourth-order valence-electron chi connectivity index (χ4n) is 4.64. The van der Waals surface area contributed by atoms with Crippen molar-refractivity contribution in [3.05, 3.63) is 78.9 Å². The standard InChI is InChI=1S/C24H14N2O.H2S/c1-3-9-16-14(7-1)22-17(25-16)13-21-24-23(22)15-8-2-4-10-18(15)26(24)19-11-5-6-12-20(19)27-21;/h1-13,25H;1H2. The molecule has 3 heterocycles. The first-order chi connectivity index (χ1) is 13.4. The van der Waals surface area contributed by atoms with Crippen molar-refractivity contribution in [2.24, 2.45) is 0 Å². The number of aromatic nitrogens is 2. The van der Waals surface area contributed by atoms with Gasteiger partial charge in [0.05, 0.1) is 22.2 Å². The van der Waals surface area contributed by atoms with Gasteiger partial charge in [-0.25, -0.2) is 0 Å². The zero-order chi connectivity index (χ0) is 17.5. The maximum absolute atomic E-state index is 6.34. The predicted molar refractivity (Wildman–Crippen MR) is 121 cm³/mol. The monoisotopic (exact) mass is 380 g/mol. The van der Waals surface area contributed by atoms with Gasteiger partial charge in [0.2, 0.25) is 0 Å². The van der Waals surface area contributed by atoms with Gasteiger partial charge in [0, 0.05) is 33.1 Å². The highest BCUT2D eigenvalue weighted by Gasteiger charge is 2.26. The number of fused-ring (bicyclic) bond motifs is 9. The summed E-state index contributed by atoms with van der Waals surface area (Å²) in [5, 5.41) is 5.03. The summed E-state index contributed by atoms with van der Waals surface area (Å²) in [5.74, 6) is 1.79. The number of nitrogens with zero attached hydrogens (tertiary/aromatic N) is 1. The molecule has 7 rings (SSSR count). The first-order valence-electron chi connectivity index (χ1n) is 9.14. The second-order valence-electron chi connectivity index (χ2n) is 7.11. The Hall–Kier alpha value is -3.37. The van der Waals surface area contributed by atoms with Gasteiger partial charge in [-0.2, -0.15) is 13.5 Å². The van der Waals surface area contributed by atoms with Gasteiger partial charge in [-0.05, 0) is 24.3 Å². The molecule has 0 spiro atoms. The molecular weight excluding hydrogens is 364 g/mol. The average Bonchev–Trinajstić information content (AvgIpc) is 3.25. The molecule has 6 aromatic rings. The molecule has 1 aliphatic heterocycles. The normalized spacial score (nSPS) is 12.3. The fraction of sp³-hybridized carbons (Fsp3) is 0. The lowest BCUT2D eigenvalue weighted by Gasteiger charge is -2.21. The van der Waals surface area contributed by atoms with Gasteiger partial charge in [-0.3, -0.25) is 0 Å². The number of para-hydroxylation sites is 4. The number of H-pyrrole nitrogens is 1. The molecule has 0 unspecified atom stereocenters. The van der Waals surface area contributed by atoms with E-state index < -0.39 is 0 Å². The molecule has 28 heavy (non-hydrogen) atoms. The van der Waals surface area contributed by atoms with E-state index in [9.17, 15) is 0 Å². The molecule has 2 aromatic heterocycles. The first-order valence-corrected chi connectivity index (χ1v) is 9.14. The highest BCUT2D eigenvalue weighted by molar-refractivity contribution is 7.59. The maximum atomic E-state index is 6.34. The van der Waals surface area contributed by atoms with Crippen LogP contribution in [0.5, 0.6) is 11.5 Å². The van der Waals surface area contributed by atoms with E-state index in [1.807, 2.05) is 12.1 Å². The van der Waals surface area contributed by atoms with Crippen LogP contribution in [-0.4, -0.2) is 9.55 Å². The molecular formula is C24H16N2OS. The van der Waals surface area contributed by atoms with Crippen LogP contribution in [0.2, 0.25) is 0 Å². The number of hydrogen-bond donors (Lipinski definition) is 1. The Bertz CT molecular complexity index is 1560. The van der Waals surface area contributed by atoms with E-state index in [0.29, 0.717) is 0 Å². The van der Waals surface area contributed by atoms with Crippen molar-refractivity contribution in [1.82, 2.24) is 9.55 Å². The zero-order valence-corrected chi connectivity index (χ0v) is 15.9. The lowest BCUT2D eigenvalue weighted by molar-refractivity contribution is 0.477. The Morgan fingerprint density at radius 2 is 1.43 bits per heavy atom. The van der Waals surface area contributed by atoms with Crippen LogP contribution in [0.3, 0.4) is 0 Å². The molecule has 0 atom stereocenters. The topological polar surface area (TPSA) is 29.9 Å². The van der Waals surface area contributed by atoms with E-state index in [-0.39, 0.29) is 13.5 Å². The van der Waals surface area contributed by atoms with Gasteiger partial charge < -0.3 is 14.3 Å². The summed E-state index contributed by atoms with van der Waals surface area (Å²) < 4.78 is 8.69. The summed E-state index contributed by atoms with van der Waals surface area (Å²) in [5.41, 5.74) is 5.71. The molecule has 1 N–H and O–H groups in total. The lowest BCUT2D eigenvalue weighted by atomic mass is 10.0. The molecule has 0 bridgehead atoms. The van der Waals surface area contributed by atoms with Gasteiger partial charge >= 0.3 is 0 Å². The van der Waals surface area contributed by atoms with E-state index in [1.165, 1.54) is 27.1 Å². The van der Waals surface area contributed by atoms with E-state index in [1.54, 1.807) is 0 Å². The molecule has 0 fully saturated rings. The Morgan fingerprint density at radius 1 is 0.679 bits per heavy atom. The van der Waals surface area contributed by atoms with Crippen LogP contribution in [0.25, 0.3) is 49.3 Å². The highest BCUT2D eigenvalue weighted by Crippen LogP contribution is 2.49. The van der Waals surface area contributed by atoms with Crippen LogP contribution in [0.4, 0.5) is 0 Å². The van der Waals surface area contributed by atoms with Crippen LogP contribution >= 0.6 is 13.5 Å². The average molecular weight is 380 g/mol. The summed E-state index contributed by atoms with van der Waals surface area (Å²) in [7, 11) is 0. The van der Waals surface area contributed by atoms with Gasteiger partial charge in [0.15, 0.2) is 11.5 Å². The molecule has 0 saturated carbocycles. The molecule has 4 heteroatoms. The second kappa shape index (κ2) is 5.33. The summed E-state index contributed by atoms with van der Waals surface area (Å²) in [6.07, 6.45) is 0. The Labute approximate surface area is 167 Å². The number of nitrogens with one attached hydrogen (secondary N) is 1. The minimum absolute atomic E-state index is 0. The van der Waals surface area contributed by atoms with Crippen LogP contribution in [0.1, 0.15) is 0 Å². The Kier molecular flexibility index (Phi) is 2.98. The minimum Gasteiger partial charge on any atom is -0.453 e. The van der Waals surface area contributed by atoms with Crippen molar-refractivity contribution in [2.45, 2.75) is 0 Å². The second-order valence-corrected chi connectivity index (χ2v) is 7.11. The van der Waals surface area contributed by atoms with Crippen LogP contribution in [-0.2, 0) is 0 Å². The number of rotatable bonds is 0. The van der Waals surface area contributed by atoms with E-state index in [0.717, 1.165) is 33.7 Å². The summed E-state index contributed by atoms with van der Waals surface area (Å²) in [4.78, 5) is 3.58. The van der Waals surface area contributed by atoms with Crippen LogP contribution < -0.4 is 4.74 Å².